The van der Waals surface area contributed by atoms with Gasteiger partial charge < -0.3 is 4.74 Å². The Morgan fingerprint density at radius 1 is 0.507 bits per heavy atom. The van der Waals surface area contributed by atoms with E-state index in [-0.39, 0.29) is 22.5 Å². The summed E-state index contributed by atoms with van der Waals surface area (Å²) in [7, 11) is 0. The van der Waals surface area contributed by atoms with Crippen LogP contribution in [0.1, 0.15) is 63.8 Å². The quantitative estimate of drug-likeness (QED) is 0.142. The smallest absolute Gasteiger partial charge is 0.457 e. The van der Waals surface area contributed by atoms with Gasteiger partial charge in [-0.05, 0) is 151 Å². The first-order valence-electron chi connectivity index (χ1n) is 24.1. The monoisotopic (exact) mass is 932 g/mol. The summed E-state index contributed by atoms with van der Waals surface area (Å²) in [5.41, 5.74) is 15.4. The molecule has 5 nitrogen and oxygen atoms in total. The third kappa shape index (κ3) is 8.32. The highest BCUT2D eigenvalue weighted by molar-refractivity contribution is 6.09. The van der Waals surface area contributed by atoms with Crippen molar-refractivity contribution >= 4 is 50.6 Å². The molecule has 0 radical (unpaired) electrons. The lowest BCUT2D eigenvalue weighted by atomic mass is 9.82. The van der Waals surface area contributed by atoms with Gasteiger partial charge >= 0.3 is 6.01 Å². The van der Waals surface area contributed by atoms with E-state index in [0.717, 1.165) is 100 Å². The molecule has 10 aromatic rings. The number of ether oxygens (including phenoxy) is 1. The fourth-order valence-corrected chi connectivity index (χ4v) is 10.0. The van der Waals surface area contributed by atoms with Gasteiger partial charge in [-0.1, -0.05) is 114 Å². The summed E-state index contributed by atoms with van der Waals surface area (Å²) in [6.07, 6.45) is 1.90. The lowest BCUT2D eigenvalue weighted by Crippen LogP contribution is -2.13. The van der Waals surface area contributed by atoms with Crippen molar-refractivity contribution in [3.05, 3.63) is 216 Å². The van der Waals surface area contributed by atoms with Crippen molar-refractivity contribution in [2.45, 2.75) is 66.2 Å². The minimum absolute atomic E-state index is 0.0582. The summed E-state index contributed by atoms with van der Waals surface area (Å²) in [6.45, 7) is 17.5. The van der Waals surface area contributed by atoms with E-state index in [2.05, 4.69) is 184 Å². The normalized spacial score (nSPS) is 12.6. The standard InChI is InChI=1S/C64H54F2N4O/c1-40-14-13-15-41(2)61(40)44-32-49(37-51(33-44)71-50-28-29-53-52-16-9-10-17-56(52)70(59(53)38-50)60-36-45(30-31-67-60)63(3,4)5)68-39-69(58-19-12-11-18-57(58)68)62-54(42-20-24-47(65)25-21-42)34-46(64(6,7)8)35-55(62)43-22-26-48(66)27-23-43/h9-38H,1-8H3/q+2. The van der Waals surface area contributed by atoms with E-state index in [1.165, 1.54) is 29.8 Å². The fourth-order valence-electron chi connectivity index (χ4n) is 10.0. The molecule has 0 N–H and O–H groups in total. The Bertz CT molecular complexity index is 3740. The minimum Gasteiger partial charge on any atom is -0.457 e. The highest BCUT2D eigenvalue weighted by atomic mass is 19.1. The second-order valence-corrected chi connectivity index (χ2v) is 20.7. The molecule has 0 fully saturated rings. The minimum atomic E-state index is -0.316. The Morgan fingerprint density at radius 3 is 1.73 bits per heavy atom. The molecule has 2 aromatic heterocycles. The number of benzene rings is 8. The molecule has 0 aliphatic carbocycles. The number of fused-ring (bicyclic) bond motifs is 4. The molecule has 0 bridgehead atoms. The number of pyridine rings is 1. The second-order valence-electron chi connectivity index (χ2n) is 20.7. The Morgan fingerprint density at radius 2 is 1.10 bits per heavy atom. The zero-order valence-corrected chi connectivity index (χ0v) is 41.3. The van der Waals surface area contributed by atoms with Crippen molar-refractivity contribution < 1.29 is 13.5 Å². The first-order valence-corrected chi connectivity index (χ1v) is 24.1. The van der Waals surface area contributed by atoms with Gasteiger partial charge in [0.2, 0.25) is 11.4 Å². The van der Waals surface area contributed by atoms with Crippen LogP contribution < -0.4 is 13.9 Å². The molecule has 0 spiro atoms. The van der Waals surface area contributed by atoms with E-state index in [1.54, 1.807) is 0 Å². The van der Waals surface area contributed by atoms with Gasteiger partial charge in [0.05, 0.1) is 28.2 Å². The first-order chi connectivity index (χ1) is 34.1. The van der Waals surface area contributed by atoms with E-state index in [4.69, 9.17) is 9.72 Å². The zero-order valence-electron chi connectivity index (χ0n) is 41.3. The van der Waals surface area contributed by atoms with Crippen molar-refractivity contribution in [2.75, 3.05) is 0 Å². The van der Waals surface area contributed by atoms with Crippen LogP contribution in [0, 0.1) is 25.5 Å². The van der Waals surface area contributed by atoms with Crippen LogP contribution in [-0.2, 0) is 10.8 Å². The van der Waals surface area contributed by atoms with E-state index in [0.29, 0.717) is 11.5 Å². The highest BCUT2D eigenvalue weighted by Gasteiger charge is 2.40. The number of hydrogen-bond donors (Lipinski definition) is 0. The van der Waals surface area contributed by atoms with Gasteiger partial charge in [0.1, 0.15) is 29.0 Å². The summed E-state index contributed by atoms with van der Waals surface area (Å²) in [5, 5.41) is 2.24. The maximum Gasteiger partial charge on any atom is 0.503 e. The second kappa shape index (κ2) is 17.3. The van der Waals surface area contributed by atoms with Crippen LogP contribution in [0.4, 0.5) is 31.5 Å². The molecule has 8 aromatic carbocycles. The van der Waals surface area contributed by atoms with Crippen LogP contribution in [-0.4, -0.2) is 15.6 Å². The van der Waals surface area contributed by atoms with Crippen molar-refractivity contribution in [3.8, 4) is 50.7 Å². The molecule has 1 aliphatic heterocycles. The van der Waals surface area contributed by atoms with Crippen LogP contribution in [0.5, 0.6) is 11.5 Å². The summed E-state index contributed by atoms with van der Waals surface area (Å²) < 4.78 is 42.7. The van der Waals surface area contributed by atoms with E-state index < -0.39 is 0 Å². The van der Waals surface area contributed by atoms with Crippen molar-refractivity contribution in [2.24, 2.45) is 0 Å². The van der Waals surface area contributed by atoms with Crippen molar-refractivity contribution in [1.29, 1.82) is 0 Å². The maximum atomic E-state index is 14.6. The summed E-state index contributed by atoms with van der Waals surface area (Å²) in [6, 6.07) is 61.6. The van der Waals surface area contributed by atoms with Gasteiger partial charge in [0, 0.05) is 41.2 Å². The molecule has 3 heterocycles. The largest absolute Gasteiger partial charge is 0.503 e. The lowest BCUT2D eigenvalue weighted by Gasteiger charge is -2.22. The molecule has 0 saturated carbocycles. The zero-order chi connectivity index (χ0) is 49.3. The summed E-state index contributed by atoms with van der Waals surface area (Å²) in [4.78, 5) is 4.92. The van der Waals surface area contributed by atoms with Crippen LogP contribution in [0.3, 0.4) is 0 Å². The van der Waals surface area contributed by atoms with Gasteiger partial charge in [-0.15, -0.1) is 0 Å². The molecule has 0 amide bonds. The number of rotatable bonds is 8. The van der Waals surface area contributed by atoms with Crippen LogP contribution in [0.25, 0.3) is 61.0 Å². The number of hydrogen-bond acceptors (Lipinski definition) is 2. The molecule has 0 saturated heterocycles. The number of aryl methyl sites for hydroxylation is 2. The van der Waals surface area contributed by atoms with Crippen molar-refractivity contribution in [1.82, 2.24) is 18.7 Å². The molecule has 7 heteroatoms. The SMILES string of the molecule is Cc1cccc(C)c1-c1cc(Oc2ccc3c4ccccc4n(-c4cc(C(C)(C)C)ccn4)c3c2)cc([N+]2=C=[N+](c3c(-c4ccc(F)cc4)cc(C(C)(C)C)cc3-c3ccc(F)cc3)c3ccccc32)c1. The molecule has 0 unspecified atom stereocenters. The molecular weight excluding hydrogens is 879 g/mol. The Hall–Kier alpha value is -8.25. The molecular formula is C64H54F2N4O+2. The van der Waals surface area contributed by atoms with E-state index >= 15 is 0 Å². The van der Waals surface area contributed by atoms with E-state index in [1.807, 2.05) is 48.7 Å². The van der Waals surface area contributed by atoms with Gasteiger partial charge in [-0.3, -0.25) is 4.57 Å². The van der Waals surface area contributed by atoms with Crippen LogP contribution in [0.15, 0.2) is 182 Å². The van der Waals surface area contributed by atoms with Crippen molar-refractivity contribution in [3.63, 3.8) is 0 Å². The summed E-state index contributed by atoms with van der Waals surface area (Å²) >= 11 is 0. The Labute approximate surface area is 413 Å². The third-order valence-corrected chi connectivity index (χ3v) is 13.7. The number of aromatic nitrogens is 2. The Kier molecular flexibility index (Phi) is 11.0. The molecule has 348 valence electrons. The van der Waals surface area contributed by atoms with Gasteiger partial charge in [0.15, 0.2) is 0 Å². The highest BCUT2D eigenvalue weighted by Crippen LogP contribution is 2.48. The van der Waals surface area contributed by atoms with Crippen LogP contribution in [0.2, 0.25) is 0 Å². The number of para-hydroxylation sites is 3. The fraction of sp³-hybridized carbons (Fsp3) is 0.156. The van der Waals surface area contributed by atoms with E-state index in [9.17, 15) is 8.78 Å². The van der Waals surface area contributed by atoms with Gasteiger partial charge in [0.25, 0.3) is 11.4 Å². The maximum absolute atomic E-state index is 14.6. The molecule has 11 rings (SSSR count). The predicted octanol–water partition coefficient (Wildman–Crippen LogP) is 17.3. The molecule has 0 atom stereocenters. The molecule has 71 heavy (non-hydrogen) atoms. The predicted molar refractivity (Wildman–Crippen MR) is 289 cm³/mol. The average molecular weight is 933 g/mol. The topological polar surface area (TPSA) is 33.1 Å². The number of halogens is 2. The van der Waals surface area contributed by atoms with Gasteiger partial charge in [-0.25, -0.2) is 13.8 Å². The number of nitrogens with zero attached hydrogens (tertiary/aromatic N) is 4. The molecule has 1 aliphatic rings. The average Bonchev–Trinajstić information content (AvgIpc) is 3.89. The summed E-state index contributed by atoms with van der Waals surface area (Å²) in [5.74, 6) is 1.55. The van der Waals surface area contributed by atoms with Gasteiger partial charge in [-0.2, -0.15) is 0 Å². The Balaban J connectivity index is 1.14. The first kappa shape index (κ1) is 45.2. The van der Waals surface area contributed by atoms with Crippen LogP contribution >= 0.6 is 0 Å². The third-order valence-electron chi connectivity index (χ3n) is 13.7. The lowest BCUT2D eigenvalue weighted by molar-refractivity contribution is 0.483.